The summed E-state index contributed by atoms with van der Waals surface area (Å²) in [6.45, 7) is -0.158. The minimum Gasteiger partial charge on any atom is -0.393 e. The van der Waals surface area contributed by atoms with Crippen LogP contribution in [0.25, 0.3) is 0 Å². The Morgan fingerprint density at radius 2 is 1.75 bits per heavy atom. The zero-order valence-electron chi connectivity index (χ0n) is 7.00. The number of alkyl halides is 1. The van der Waals surface area contributed by atoms with E-state index in [0.717, 1.165) is 0 Å². The summed E-state index contributed by atoms with van der Waals surface area (Å²) in [5, 5.41) is 17.5. The van der Waals surface area contributed by atoms with Crippen molar-refractivity contribution < 1.29 is 19.3 Å². The summed E-state index contributed by atoms with van der Waals surface area (Å²) in [5.41, 5.74) is -1.82. The third kappa shape index (κ3) is 1.94. The minimum atomic E-state index is -1.82. The molecule has 0 atom stereocenters. The second-order valence-electron chi connectivity index (χ2n) is 3.24. The molecule has 0 aromatic heterocycles. The molecule has 0 aromatic rings. The lowest BCUT2D eigenvalue weighted by atomic mass is 9.84. The van der Waals surface area contributed by atoms with Crippen LogP contribution in [0.3, 0.4) is 0 Å². The van der Waals surface area contributed by atoms with Gasteiger partial charge in [0.15, 0.2) is 5.67 Å². The maximum Gasteiger partial charge on any atom is 0.159 e. The van der Waals surface area contributed by atoms with Crippen molar-refractivity contribution >= 4 is 0 Å². The van der Waals surface area contributed by atoms with Gasteiger partial charge in [-0.25, -0.2) is 4.39 Å². The molecule has 12 heavy (non-hydrogen) atoms. The molecule has 0 aliphatic carbocycles. The Kier molecular flexibility index (Phi) is 3.43. The average molecular weight is 178 g/mol. The zero-order chi connectivity index (χ0) is 9.03. The lowest BCUT2D eigenvalue weighted by molar-refractivity contribution is -0.0676. The van der Waals surface area contributed by atoms with Gasteiger partial charge in [0, 0.05) is 19.1 Å². The van der Waals surface area contributed by atoms with Gasteiger partial charge in [-0.05, 0) is 12.8 Å². The third-order valence-corrected chi connectivity index (χ3v) is 2.48. The van der Waals surface area contributed by atoms with Gasteiger partial charge >= 0.3 is 0 Å². The molecule has 0 unspecified atom stereocenters. The number of ether oxygens (including phenoxy) is 1. The molecule has 2 N–H and O–H groups in total. The van der Waals surface area contributed by atoms with Gasteiger partial charge in [-0.1, -0.05) is 0 Å². The maximum atomic E-state index is 13.6. The molecule has 4 heteroatoms. The third-order valence-electron chi connectivity index (χ3n) is 2.48. The first-order valence-corrected chi connectivity index (χ1v) is 4.21. The molecule has 1 heterocycles. The summed E-state index contributed by atoms with van der Waals surface area (Å²) in [7, 11) is 0. The summed E-state index contributed by atoms with van der Waals surface area (Å²) in [5.74, 6) is -0.263. The lowest BCUT2D eigenvalue weighted by Gasteiger charge is -2.33. The minimum absolute atomic E-state index is 0.263. The van der Waals surface area contributed by atoms with Crippen LogP contribution >= 0.6 is 0 Å². The lowest BCUT2D eigenvalue weighted by Crippen LogP contribution is -2.43. The van der Waals surface area contributed by atoms with Gasteiger partial charge in [-0.15, -0.1) is 0 Å². The normalized spacial score (nSPS) is 21.2. The fraction of sp³-hybridized carbons (Fsp3) is 1.00. The van der Waals surface area contributed by atoms with Crippen LogP contribution in [0.5, 0.6) is 0 Å². The predicted octanol–water partition coefficient (Wildman–Crippen LogP) is 0.106. The predicted molar refractivity (Wildman–Crippen MR) is 41.6 cm³/mol. The van der Waals surface area contributed by atoms with Crippen LogP contribution in [0.4, 0.5) is 4.39 Å². The highest BCUT2D eigenvalue weighted by molar-refractivity contribution is 4.87. The first-order valence-electron chi connectivity index (χ1n) is 4.21. The van der Waals surface area contributed by atoms with E-state index < -0.39 is 18.9 Å². The smallest absolute Gasteiger partial charge is 0.159 e. The molecular weight excluding hydrogens is 163 g/mol. The second-order valence-corrected chi connectivity index (χ2v) is 3.24. The second kappa shape index (κ2) is 4.16. The number of hydrogen-bond donors (Lipinski definition) is 2. The molecular formula is C8H15FO3. The number of halogens is 1. The number of hydrogen-bond acceptors (Lipinski definition) is 3. The molecule has 0 radical (unpaired) electrons. The number of aliphatic hydroxyl groups is 2. The maximum absolute atomic E-state index is 13.6. The molecule has 1 rings (SSSR count). The average Bonchev–Trinajstić information content (AvgIpc) is 2.18. The fourth-order valence-corrected chi connectivity index (χ4v) is 1.52. The Morgan fingerprint density at radius 1 is 1.25 bits per heavy atom. The van der Waals surface area contributed by atoms with E-state index in [-0.39, 0.29) is 5.92 Å². The van der Waals surface area contributed by atoms with Crippen LogP contribution in [-0.2, 0) is 4.74 Å². The van der Waals surface area contributed by atoms with Crippen LogP contribution in [0, 0.1) is 5.92 Å². The van der Waals surface area contributed by atoms with Gasteiger partial charge in [-0.3, -0.25) is 0 Å². The van der Waals surface area contributed by atoms with Gasteiger partial charge < -0.3 is 14.9 Å². The van der Waals surface area contributed by atoms with Crippen molar-refractivity contribution in [1.82, 2.24) is 0 Å². The summed E-state index contributed by atoms with van der Waals surface area (Å²) in [4.78, 5) is 0. The molecule has 1 saturated heterocycles. The SMILES string of the molecule is OCC(F)(CO)C1CCOCC1. The van der Waals surface area contributed by atoms with E-state index in [2.05, 4.69) is 0 Å². The molecule has 0 amide bonds. The Balaban J connectivity index is 2.51. The Morgan fingerprint density at radius 3 is 2.17 bits per heavy atom. The van der Waals surface area contributed by atoms with Gasteiger partial charge in [0.2, 0.25) is 0 Å². The van der Waals surface area contributed by atoms with Crippen LogP contribution in [0.15, 0.2) is 0 Å². The van der Waals surface area contributed by atoms with E-state index in [0.29, 0.717) is 26.1 Å². The Bertz CT molecular complexity index is 130. The van der Waals surface area contributed by atoms with E-state index >= 15 is 0 Å². The van der Waals surface area contributed by atoms with Gasteiger partial charge in [0.05, 0.1) is 13.2 Å². The molecule has 0 spiro atoms. The van der Waals surface area contributed by atoms with Crippen LogP contribution < -0.4 is 0 Å². The molecule has 1 aliphatic rings. The first kappa shape index (κ1) is 9.89. The molecule has 1 aliphatic heterocycles. The first-order chi connectivity index (χ1) is 5.73. The Labute approximate surface area is 71.2 Å². The number of rotatable bonds is 3. The molecule has 0 aromatic carbocycles. The van der Waals surface area contributed by atoms with Crippen LogP contribution in [0.1, 0.15) is 12.8 Å². The standard InChI is InChI=1S/C8H15FO3/c9-8(5-10,6-11)7-1-3-12-4-2-7/h7,10-11H,1-6H2. The molecule has 1 fully saturated rings. The van der Waals surface area contributed by atoms with Gasteiger partial charge in [0.1, 0.15) is 0 Å². The summed E-state index contributed by atoms with van der Waals surface area (Å²) >= 11 is 0. The monoisotopic (exact) mass is 178 g/mol. The zero-order valence-corrected chi connectivity index (χ0v) is 7.00. The van der Waals surface area contributed by atoms with Crippen molar-refractivity contribution in [2.75, 3.05) is 26.4 Å². The van der Waals surface area contributed by atoms with Crippen LogP contribution in [-0.4, -0.2) is 42.3 Å². The van der Waals surface area contributed by atoms with E-state index in [4.69, 9.17) is 14.9 Å². The number of aliphatic hydroxyl groups excluding tert-OH is 2. The van der Waals surface area contributed by atoms with Crippen LogP contribution in [0.2, 0.25) is 0 Å². The van der Waals surface area contributed by atoms with Crippen molar-refractivity contribution in [3.05, 3.63) is 0 Å². The van der Waals surface area contributed by atoms with E-state index in [1.165, 1.54) is 0 Å². The van der Waals surface area contributed by atoms with Crippen molar-refractivity contribution in [3.63, 3.8) is 0 Å². The molecule has 72 valence electrons. The Hall–Kier alpha value is -0.190. The molecule has 3 nitrogen and oxygen atoms in total. The van der Waals surface area contributed by atoms with Crippen molar-refractivity contribution in [3.8, 4) is 0 Å². The van der Waals surface area contributed by atoms with E-state index in [1.54, 1.807) is 0 Å². The van der Waals surface area contributed by atoms with Gasteiger partial charge in [0.25, 0.3) is 0 Å². The van der Waals surface area contributed by atoms with Crippen molar-refractivity contribution in [1.29, 1.82) is 0 Å². The summed E-state index contributed by atoms with van der Waals surface area (Å²) < 4.78 is 18.6. The summed E-state index contributed by atoms with van der Waals surface area (Å²) in [6.07, 6.45) is 1.16. The largest absolute Gasteiger partial charge is 0.393 e. The highest BCUT2D eigenvalue weighted by Gasteiger charge is 2.38. The molecule has 0 bridgehead atoms. The topological polar surface area (TPSA) is 49.7 Å². The summed E-state index contributed by atoms with van der Waals surface area (Å²) in [6, 6.07) is 0. The molecule has 0 saturated carbocycles. The fourth-order valence-electron chi connectivity index (χ4n) is 1.52. The quantitative estimate of drug-likeness (QED) is 0.644. The van der Waals surface area contributed by atoms with Gasteiger partial charge in [-0.2, -0.15) is 0 Å². The van der Waals surface area contributed by atoms with E-state index in [1.807, 2.05) is 0 Å². The van der Waals surface area contributed by atoms with E-state index in [9.17, 15) is 4.39 Å². The van der Waals surface area contributed by atoms with Crippen molar-refractivity contribution in [2.24, 2.45) is 5.92 Å². The highest BCUT2D eigenvalue weighted by Crippen LogP contribution is 2.30. The highest BCUT2D eigenvalue weighted by atomic mass is 19.1. The van der Waals surface area contributed by atoms with Crippen molar-refractivity contribution in [2.45, 2.75) is 18.5 Å².